The van der Waals surface area contributed by atoms with Crippen LogP contribution in [0.1, 0.15) is 38.4 Å². The Morgan fingerprint density at radius 2 is 2.00 bits per heavy atom. The molecule has 0 amide bonds. The van der Waals surface area contributed by atoms with Gasteiger partial charge in [-0.25, -0.2) is 9.97 Å². The fraction of sp³-hybridized carbons (Fsp3) is 0.364. The quantitative estimate of drug-likeness (QED) is 0.723. The molecule has 0 N–H and O–H groups in total. The van der Waals surface area contributed by atoms with Crippen LogP contribution in [0.3, 0.4) is 0 Å². The van der Waals surface area contributed by atoms with Crippen LogP contribution in [0, 0.1) is 22.7 Å². The number of carbonyl (C=O) groups is 1. The molecule has 2 aromatic rings. The molecule has 0 spiro atoms. The molecular weight excluding hydrogens is 358 g/mol. The maximum atomic E-state index is 12.8. The first kappa shape index (κ1) is 17.9. The van der Waals surface area contributed by atoms with E-state index in [9.17, 15) is 10.1 Å². The Morgan fingerprint density at radius 1 is 1.26 bits per heavy atom. The second-order valence-electron chi connectivity index (χ2n) is 8.14. The number of hydrogen-bond donors (Lipinski definition) is 0. The van der Waals surface area contributed by atoms with Gasteiger partial charge in [0, 0.05) is 22.6 Å². The van der Waals surface area contributed by atoms with Gasteiger partial charge in [-0.05, 0) is 36.5 Å². The van der Waals surface area contributed by atoms with E-state index in [1.807, 2.05) is 50.4 Å². The van der Waals surface area contributed by atoms with Crippen LogP contribution in [0.4, 0.5) is 0 Å². The lowest BCUT2D eigenvalue weighted by atomic mass is 9.52. The van der Waals surface area contributed by atoms with Gasteiger partial charge in [-0.2, -0.15) is 5.26 Å². The van der Waals surface area contributed by atoms with E-state index in [2.05, 4.69) is 18.0 Å². The van der Waals surface area contributed by atoms with Gasteiger partial charge in [0.25, 0.3) is 0 Å². The zero-order chi connectivity index (χ0) is 19.4. The molecule has 27 heavy (non-hydrogen) atoms. The van der Waals surface area contributed by atoms with Gasteiger partial charge < -0.3 is 0 Å². The Kier molecular flexibility index (Phi) is 3.98. The first-order chi connectivity index (χ1) is 12.8. The number of ketones is 1. The minimum atomic E-state index is -0.609. The number of hydrogen-bond acceptors (Lipinski definition) is 4. The molecule has 2 atom stereocenters. The molecule has 4 nitrogen and oxygen atoms in total. The number of benzene rings is 1. The number of nitriles is 1. The average Bonchev–Trinajstić information content (AvgIpc) is 2.65. The van der Waals surface area contributed by atoms with Crippen molar-refractivity contribution in [1.29, 1.82) is 5.26 Å². The van der Waals surface area contributed by atoms with Gasteiger partial charge in [0.2, 0.25) is 0 Å². The van der Waals surface area contributed by atoms with E-state index in [1.165, 1.54) is 0 Å². The Bertz CT molecular complexity index is 1030. The SMILES string of the molecule is CC1(C)C(=O)C(C#N)=CC2(C)c3nc(-c4ccccc4Cl)ncc3CC[C@@H]12. The zero-order valence-corrected chi connectivity index (χ0v) is 16.3. The maximum absolute atomic E-state index is 12.8. The highest BCUT2D eigenvalue weighted by molar-refractivity contribution is 6.33. The summed E-state index contributed by atoms with van der Waals surface area (Å²) in [6, 6.07) is 9.60. The number of Topliss-reactive ketones (excluding diaryl/α,β-unsaturated/α-hetero) is 1. The molecule has 136 valence electrons. The van der Waals surface area contributed by atoms with Crippen molar-refractivity contribution in [2.45, 2.75) is 39.0 Å². The number of aryl methyl sites for hydroxylation is 1. The molecule has 1 aromatic carbocycles. The highest BCUT2D eigenvalue weighted by atomic mass is 35.5. The third-order valence-corrected chi connectivity index (χ3v) is 6.51. The highest BCUT2D eigenvalue weighted by Crippen LogP contribution is 2.54. The third-order valence-electron chi connectivity index (χ3n) is 6.18. The Labute approximate surface area is 163 Å². The molecule has 4 rings (SSSR count). The molecule has 0 radical (unpaired) electrons. The van der Waals surface area contributed by atoms with Crippen LogP contribution < -0.4 is 0 Å². The molecular formula is C22H20ClN3O. The van der Waals surface area contributed by atoms with Crippen LogP contribution in [0.15, 0.2) is 42.1 Å². The average molecular weight is 378 g/mol. The molecule has 0 aliphatic heterocycles. The monoisotopic (exact) mass is 377 g/mol. The summed E-state index contributed by atoms with van der Waals surface area (Å²) in [6.07, 6.45) is 5.38. The summed E-state index contributed by atoms with van der Waals surface area (Å²) in [4.78, 5) is 22.2. The summed E-state index contributed by atoms with van der Waals surface area (Å²) in [5.74, 6) is 0.579. The molecule has 1 heterocycles. The Balaban J connectivity index is 1.95. The number of fused-ring (bicyclic) bond motifs is 3. The molecule has 2 aliphatic carbocycles. The fourth-order valence-electron chi connectivity index (χ4n) is 4.83. The van der Waals surface area contributed by atoms with Crippen LogP contribution in [-0.2, 0) is 16.6 Å². The minimum Gasteiger partial charge on any atom is -0.293 e. The zero-order valence-electron chi connectivity index (χ0n) is 15.6. The molecule has 0 saturated carbocycles. The van der Waals surface area contributed by atoms with Crippen molar-refractivity contribution < 1.29 is 4.79 Å². The second kappa shape index (κ2) is 6.00. The number of nitrogens with zero attached hydrogens (tertiary/aromatic N) is 3. The van der Waals surface area contributed by atoms with Crippen molar-refractivity contribution in [3.63, 3.8) is 0 Å². The van der Waals surface area contributed by atoms with Crippen LogP contribution in [0.2, 0.25) is 5.02 Å². The number of halogens is 1. The van der Waals surface area contributed by atoms with E-state index in [1.54, 1.807) is 0 Å². The van der Waals surface area contributed by atoms with Crippen LogP contribution in [0.25, 0.3) is 11.4 Å². The van der Waals surface area contributed by atoms with Crippen molar-refractivity contribution in [1.82, 2.24) is 9.97 Å². The predicted molar refractivity (Wildman–Crippen MR) is 104 cm³/mol. The molecule has 1 unspecified atom stereocenters. The topological polar surface area (TPSA) is 66.6 Å². The van der Waals surface area contributed by atoms with E-state index >= 15 is 0 Å². The lowest BCUT2D eigenvalue weighted by Crippen LogP contribution is -2.51. The van der Waals surface area contributed by atoms with Crippen LogP contribution >= 0.6 is 11.6 Å². The van der Waals surface area contributed by atoms with Crippen molar-refractivity contribution in [2.75, 3.05) is 0 Å². The number of rotatable bonds is 1. The molecule has 5 heteroatoms. The minimum absolute atomic E-state index is 0.0729. The third kappa shape index (κ3) is 2.53. The van der Waals surface area contributed by atoms with E-state index in [0.29, 0.717) is 10.8 Å². The summed E-state index contributed by atoms with van der Waals surface area (Å²) in [5.41, 5.74) is 1.88. The number of aromatic nitrogens is 2. The maximum Gasteiger partial charge on any atom is 0.178 e. The first-order valence-corrected chi connectivity index (χ1v) is 9.46. The lowest BCUT2D eigenvalue weighted by molar-refractivity contribution is -0.128. The molecule has 2 aliphatic rings. The van der Waals surface area contributed by atoms with Crippen LogP contribution in [0.5, 0.6) is 0 Å². The van der Waals surface area contributed by atoms with Crippen molar-refractivity contribution in [3.05, 3.63) is 58.4 Å². The summed E-state index contributed by atoms with van der Waals surface area (Å²) < 4.78 is 0. The Hall–Kier alpha value is -2.51. The summed E-state index contributed by atoms with van der Waals surface area (Å²) in [5, 5.41) is 10.1. The van der Waals surface area contributed by atoms with Crippen molar-refractivity contribution in [3.8, 4) is 17.5 Å². The van der Waals surface area contributed by atoms with Gasteiger partial charge in [0.1, 0.15) is 6.07 Å². The fourth-order valence-corrected chi connectivity index (χ4v) is 5.05. The van der Waals surface area contributed by atoms with Crippen molar-refractivity contribution >= 4 is 17.4 Å². The number of carbonyl (C=O) groups excluding carboxylic acids is 1. The van der Waals surface area contributed by atoms with Gasteiger partial charge in [-0.3, -0.25) is 4.79 Å². The lowest BCUT2D eigenvalue weighted by Gasteiger charge is -2.50. The standard InChI is InChI=1S/C22H20ClN3O/c1-21(2)17-9-8-13-12-25-20(15-6-4-5-7-16(15)23)26-18(13)22(17,3)10-14(11-24)19(21)27/h4-7,10,12,17H,8-9H2,1-3H3/t17-,22?/m0/s1. The molecule has 0 saturated heterocycles. The Morgan fingerprint density at radius 3 is 2.70 bits per heavy atom. The largest absolute Gasteiger partial charge is 0.293 e. The number of allylic oxidation sites excluding steroid dienone is 2. The van der Waals surface area contributed by atoms with E-state index in [4.69, 9.17) is 16.6 Å². The van der Waals surface area contributed by atoms with Gasteiger partial charge in [0.05, 0.1) is 16.3 Å². The molecule has 0 bridgehead atoms. The van der Waals surface area contributed by atoms with Gasteiger partial charge in [0.15, 0.2) is 11.6 Å². The second-order valence-corrected chi connectivity index (χ2v) is 8.55. The summed E-state index contributed by atoms with van der Waals surface area (Å²) >= 11 is 6.34. The van der Waals surface area contributed by atoms with E-state index < -0.39 is 10.8 Å². The smallest absolute Gasteiger partial charge is 0.178 e. The van der Waals surface area contributed by atoms with Gasteiger partial charge in [-0.15, -0.1) is 0 Å². The van der Waals surface area contributed by atoms with E-state index in [-0.39, 0.29) is 17.3 Å². The summed E-state index contributed by atoms with van der Waals surface area (Å²) in [7, 11) is 0. The van der Waals surface area contributed by atoms with Crippen LogP contribution in [-0.4, -0.2) is 15.8 Å². The summed E-state index contributed by atoms with van der Waals surface area (Å²) in [6.45, 7) is 5.98. The normalized spacial score (nSPS) is 25.8. The highest BCUT2D eigenvalue weighted by Gasteiger charge is 2.54. The first-order valence-electron chi connectivity index (χ1n) is 9.08. The molecule has 1 aromatic heterocycles. The van der Waals surface area contributed by atoms with Gasteiger partial charge >= 0.3 is 0 Å². The van der Waals surface area contributed by atoms with E-state index in [0.717, 1.165) is 29.7 Å². The van der Waals surface area contributed by atoms with Crippen molar-refractivity contribution in [2.24, 2.45) is 11.3 Å². The van der Waals surface area contributed by atoms with Gasteiger partial charge in [-0.1, -0.05) is 50.6 Å². The predicted octanol–water partition coefficient (Wildman–Crippen LogP) is 4.68. The molecule has 0 fully saturated rings.